The Morgan fingerprint density at radius 3 is 2.62 bits per heavy atom. The minimum absolute atomic E-state index is 0.209. The number of carbonyl (C=O) groups excluding carboxylic acids is 1. The van der Waals surface area contributed by atoms with Crippen LogP contribution in [0.3, 0.4) is 0 Å². The fourth-order valence-electron chi connectivity index (χ4n) is 3.60. The molecule has 0 aliphatic carbocycles. The predicted molar refractivity (Wildman–Crippen MR) is 118 cm³/mol. The maximum atomic E-state index is 13.0. The summed E-state index contributed by atoms with van der Waals surface area (Å²) in [7, 11) is 1.77. The molecule has 0 radical (unpaired) electrons. The summed E-state index contributed by atoms with van der Waals surface area (Å²) in [5.74, 6) is 0. The van der Waals surface area contributed by atoms with Gasteiger partial charge in [0, 0.05) is 42.1 Å². The van der Waals surface area contributed by atoms with Crippen molar-refractivity contribution in [3.8, 4) is 0 Å². The van der Waals surface area contributed by atoms with Crippen LogP contribution in [0, 0.1) is 0 Å². The number of hydrogen-bond donors (Lipinski definition) is 1. The van der Waals surface area contributed by atoms with Crippen molar-refractivity contribution in [2.45, 2.75) is 0 Å². The Hall–Kier alpha value is -3.99. The second kappa shape index (κ2) is 6.87. The molecule has 5 rings (SSSR count). The van der Waals surface area contributed by atoms with Crippen LogP contribution in [-0.4, -0.2) is 23.0 Å². The van der Waals surface area contributed by atoms with Gasteiger partial charge in [0.2, 0.25) is 0 Å². The zero-order chi connectivity index (χ0) is 19.8. The zero-order valence-electron chi connectivity index (χ0n) is 15.8. The number of urea groups is 1. The van der Waals surface area contributed by atoms with Gasteiger partial charge in [-0.25, -0.2) is 4.79 Å². The van der Waals surface area contributed by atoms with Crippen molar-refractivity contribution in [1.29, 1.82) is 0 Å². The summed E-state index contributed by atoms with van der Waals surface area (Å²) in [4.78, 5) is 23.3. The summed E-state index contributed by atoms with van der Waals surface area (Å²) in [6.07, 6.45) is 5.29. The molecule has 3 aromatic carbocycles. The van der Waals surface area contributed by atoms with E-state index in [0.717, 1.165) is 43.8 Å². The van der Waals surface area contributed by atoms with Gasteiger partial charge in [-0.2, -0.15) is 0 Å². The molecule has 0 atom stereocenters. The topological polar surface area (TPSA) is 58.1 Å². The Morgan fingerprint density at radius 2 is 1.72 bits per heavy atom. The summed E-state index contributed by atoms with van der Waals surface area (Å²) in [5.41, 5.74) is 2.37. The Labute approximate surface area is 167 Å². The normalized spacial score (nSPS) is 11.1. The van der Waals surface area contributed by atoms with E-state index in [9.17, 15) is 4.79 Å². The monoisotopic (exact) mass is 378 g/mol. The molecule has 0 unspecified atom stereocenters. The van der Waals surface area contributed by atoms with Crippen molar-refractivity contribution in [2.24, 2.45) is 0 Å². The molecule has 5 heteroatoms. The molecule has 0 aliphatic heterocycles. The van der Waals surface area contributed by atoms with Gasteiger partial charge in [0.1, 0.15) is 0 Å². The minimum atomic E-state index is -0.209. The molecule has 0 saturated heterocycles. The number of anilines is 2. The van der Waals surface area contributed by atoms with Crippen LogP contribution in [0.25, 0.3) is 32.4 Å². The summed E-state index contributed by atoms with van der Waals surface area (Å²) >= 11 is 0. The van der Waals surface area contributed by atoms with Crippen molar-refractivity contribution in [3.05, 3.63) is 85.3 Å². The zero-order valence-corrected chi connectivity index (χ0v) is 15.8. The minimum Gasteiger partial charge on any atom is -0.307 e. The summed E-state index contributed by atoms with van der Waals surface area (Å²) in [6, 6.07) is 21.6. The Kier molecular flexibility index (Phi) is 4.06. The van der Waals surface area contributed by atoms with Gasteiger partial charge in [-0.1, -0.05) is 30.3 Å². The molecule has 0 bridgehead atoms. The van der Waals surface area contributed by atoms with Crippen LogP contribution in [0.15, 0.2) is 85.3 Å². The van der Waals surface area contributed by atoms with E-state index in [1.54, 1.807) is 30.5 Å². The van der Waals surface area contributed by atoms with Crippen LogP contribution in [0.2, 0.25) is 0 Å². The molecule has 0 spiro atoms. The number of pyridine rings is 2. The van der Waals surface area contributed by atoms with Gasteiger partial charge in [-0.15, -0.1) is 0 Å². The van der Waals surface area contributed by atoms with E-state index < -0.39 is 0 Å². The Bertz CT molecular complexity index is 1380. The van der Waals surface area contributed by atoms with Crippen molar-refractivity contribution >= 4 is 49.9 Å². The number of benzene rings is 3. The quantitative estimate of drug-likeness (QED) is 0.407. The highest BCUT2D eigenvalue weighted by atomic mass is 16.2. The third kappa shape index (κ3) is 3.02. The fourth-order valence-corrected chi connectivity index (χ4v) is 3.60. The van der Waals surface area contributed by atoms with Crippen LogP contribution in [0.5, 0.6) is 0 Å². The molecular weight excluding hydrogens is 360 g/mol. The molecule has 0 aliphatic rings. The average molecular weight is 378 g/mol. The van der Waals surface area contributed by atoms with Gasteiger partial charge >= 0.3 is 6.03 Å². The number of rotatable bonds is 2. The van der Waals surface area contributed by atoms with E-state index in [1.807, 2.05) is 60.7 Å². The lowest BCUT2D eigenvalue weighted by molar-refractivity contribution is 0.258. The molecule has 140 valence electrons. The third-order valence-electron chi connectivity index (χ3n) is 5.17. The van der Waals surface area contributed by atoms with E-state index in [2.05, 4.69) is 21.4 Å². The summed E-state index contributed by atoms with van der Waals surface area (Å²) < 4.78 is 0. The van der Waals surface area contributed by atoms with E-state index in [-0.39, 0.29) is 6.03 Å². The first kappa shape index (κ1) is 17.1. The fraction of sp³-hybridized carbons (Fsp3) is 0.0417. The molecule has 29 heavy (non-hydrogen) atoms. The number of fused-ring (bicyclic) bond motifs is 4. The van der Waals surface area contributed by atoms with Crippen molar-refractivity contribution in [1.82, 2.24) is 9.97 Å². The van der Waals surface area contributed by atoms with E-state index in [1.165, 1.54) is 0 Å². The lowest BCUT2D eigenvalue weighted by atomic mass is 10.1. The van der Waals surface area contributed by atoms with Crippen molar-refractivity contribution in [2.75, 3.05) is 17.3 Å². The van der Waals surface area contributed by atoms with Gasteiger partial charge in [0.25, 0.3) is 0 Å². The lowest BCUT2D eigenvalue weighted by Crippen LogP contribution is -2.31. The van der Waals surface area contributed by atoms with Crippen LogP contribution >= 0.6 is 0 Å². The van der Waals surface area contributed by atoms with Crippen molar-refractivity contribution < 1.29 is 4.79 Å². The lowest BCUT2D eigenvalue weighted by Gasteiger charge is -2.20. The molecule has 2 heterocycles. The largest absolute Gasteiger partial charge is 0.326 e. The molecule has 2 amide bonds. The third-order valence-corrected chi connectivity index (χ3v) is 5.17. The average Bonchev–Trinajstić information content (AvgIpc) is 2.78. The first-order valence-corrected chi connectivity index (χ1v) is 9.36. The number of aromatic nitrogens is 2. The molecule has 0 fully saturated rings. The molecule has 0 saturated carbocycles. The molecule has 5 nitrogen and oxygen atoms in total. The molecule has 1 N–H and O–H groups in total. The Balaban J connectivity index is 1.53. The van der Waals surface area contributed by atoms with Crippen molar-refractivity contribution in [3.63, 3.8) is 0 Å². The standard InChI is InChI=1S/C24H18N4O/c1-28(19-9-8-16-5-2-3-6-17(16)13-19)24(29)27-22-14-18-10-12-25-15-21(18)23-20(22)7-4-11-26-23/h2-15H,1H3,(H,27,29). The van der Waals surface area contributed by atoms with E-state index in [4.69, 9.17) is 0 Å². The second-order valence-corrected chi connectivity index (χ2v) is 6.94. The first-order valence-electron chi connectivity index (χ1n) is 9.36. The van der Waals surface area contributed by atoms with Gasteiger partial charge in [-0.3, -0.25) is 14.9 Å². The van der Waals surface area contributed by atoms with E-state index in [0.29, 0.717) is 0 Å². The van der Waals surface area contributed by atoms with Gasteiger partial charge in [0.05, 0.1) is 11.2 Å². The molecular formula is C24H18N4O. The number of carbonyl (C=O) groups is 1. The molecule has 2 aromatic heterocycles. The number of amides is 2. The highest BCUT2D eigenvalue weighted by molar-refractivity contribution is 6.14. The number of nitrogens with zero attached hydrogens (tertiary/aromatic N) is 3. The smallest absolute Gasteiger partial charge is 0.307 e. The summed E-state index contributed by atoms with van der Waals surface area (Å²) in [6.45, 7) is 0. The number of hydrogen-bond acceptors (Lipinski definition) is 3. The first-order chi connectivity index (χ1) is 14.2. The molecule has 5 aromatic rings. The van der Waals surface area contributed by atoms with Crippen LogP contribution < -0.4 is 10.2 Å². The maximum absolute atomic E-state index is 13.0. The van der Waals surface area contributed by atoms with Crippen LogP contribution in [0.1, 0.15) is 0 Å². The highest BCUT2D eigenvalue weighted by Crippen LogP contribution is 2.30. The maximum Gasteiger partial charge on any atom is 0.326 e. The Morgan fingerprint density at radius 1 is 0.862 bits per heavy atom. The number of nitrogens with one attached hydrogen (secondary N) is 1. The van der Waals surface area contributed by atoms with Crippen LogP contribution in [0.4, 0.5) is 16.2 Å². The van der Waals surface area contributed by atoms with Gasteiger partial charge < -0.3 is 5.32 Å². The highest BCUT2D eigenvalue weighted by Gasteiger charge is 2.15. The van der Waals surface area contributed by atoms with E-state index >= 15 is 0 Å². The van der Waals surface area contributed by atoms with Gasteiger partial charge in [-0.05, 0) is 52.6 Å². The second-order valence-electron chi connectivity index (χ2n) is 6.94. The summed E-state index contributed by atoms with van der Waals surface area (Å²) in [5, 5.41) is 8.11. The predicted octanol–water partition coefficient (Wildman–Crippen LogP) is 5.60. The SMILES string of the molecule is CN(C(=O)Nc1cc2ccncc2c2ncccc12)c1ccc2ccccc2c1. The van der Waals surface area contributed by atoms with Gasteiger partial charge in [0.15, 0.2) is 0 Å². The van der Waals surface area contributed by atoms with Crippen LogP contribution in [-0.2, 0) is 0 Å².